The molecule has 0 aromatic carbocycles. The zero-order valence-corrected chi connectivity index (χ0v) is 12.0. The minimum Gasteiger partial charge on any atom is -0.350 e. The Balaban J connectivity index is 2.60. The molecule has 4 nitrogen and oxygen atoms in total. The van der Waals surface area contributed by atoms with Crippen molar-refractivity contribution in [3.63, 3.8) is 0 Å². The summed E-state index contributed by atoms with van der Waals surface area (Å²) in [4.78, 5) is 12.1. The fourth-order valence-electron chi connectivity index (χ4n) is 1.87. The Hall–Kier alpha value is -1.00. The van der Waals surface area contributed by atoms with Gasteiger partial charge in [-0.15, -0.1) is 0 Å². The topological polar surface area (TPSA) is 46.1 Å². The quantitative estimate of drug-likeness (QED) is 0.798. The molecule has 0 bridgehead atoms. The van der Waals surface area contributed by atoms with Gasteiger partial charge in [0.15, 0.2) is 0 Å². The zero-order valence-electron chi connectivity index (χ0n) is 11.3. The van der Waals surface area contributed by atoms with Crippen LogP contribution in [0.3, 0.4) is 0 Å². The monoisotopic (exact) mass is 271 g/mol. The molecule has 1 unspecified atom stereocenters. The summed E-state index contributed by atoms with van der Waals surface area (Å²) in [5.41, 5.74) is 0.638. The van der Waals surface area contributed by atoms with Crippen LogP contribution in [-0.2, 0) is 6.54 Å². The van der Waals surface area contributed by atoms with Gasteiger partial charge in [0.1, 0.15) is 5.69 Å². The Morgan fingerprint density at radius 1 is 1.50 bits per heavy atom. The van der Waals surface area contributed by atoms with E-state index >= 15 is 0 Å². The van der Waals surface area contributed by atoms with E-state index in [4.69, 9.17) is 11.6 Å². The van der Waals surface area contributed by atoms with E-state index < -0.39 is 0 Å². The number of amides is 1. The first-order chi connectivity index (χ1) is 8.58. The molecule has 18 heavy (non-hydrogen) atoms. The van der Waals surface area contributed by atoms with Crippen LogP contribution in [-0.4, -0.2) is 30.6 Å². The number of carbonyl (C=O) groups is 1. The minimum absolute atomic E-state index is 0.0571. The molecule has 1 amide bonds. The largest absolute Gasteiger partial charge is 0.350 e. The van der Waals surface area contributed by atoms with E-state index in [-0.39, 0.29) is 5.91 Å². The number of rotatable bonds is 7. The Bertz CT molecular complexity index is 390. The smallest absolute Gasteiger partial charge is 0.267 e. The highest BCUT2D eigenvalue weighted by Crippen LogP contribution is 2.14. The van der Waals surface area contributed by atoms with Gasteiger partial charge in [0.2, 0.25) is 0 Å². The molecule has 2 N–H and O–H groups in total. The van der Waals surface area contributed by atoms with Gasteiger partial charge in [-0.3, -0.25) is 4.79 Å². The van der Waals surface area contributed by atoms with Crippen molar-refractivity contribution in [1.29, 1.82) is 0 Å². The fraction of sp³-hybridized carbons (Fsp3) is 0.615. The molecule has 5 heteroatoms. The molecule has 1 aromatic rings. The zero-order chi connectivity index (χ0) is 13.5. The van der Waals surface area contributed by atoms with Gasteiger partial charge in [-0.05, 0) is 32.0 Å². The summed E-state index contributed by atoms with van der Waals surface area (Å²) in [5, 5.41) is 6.63. The van der Waals surface area contributed by atoms with Crippen LogP contribution in [0.1, 0.15) is 30.8 Å². The molecular weight excluding hydrogens is 250 g/mol. The number of carbonyl (C=O) groups excluding carboxylic acids is 1. The molecule has 1 rings (SSSR count). The van der Waals surface area contributed by atoms with E-state index in [1.807, 2.05) is 11.6 Å². The Morgan fingerprint density at radius 3 is 2.83 bits per heavy atom. The number of hydrogen-bond donors (Lipinski definition) is 2. The predicted octanol–water partition coefficient (Wildman–Crippen LogP) is 2.14. The van der Waals surface area contributed by atoms with Crippen molar-refractivity contribution in [3.05, 3.63) is 23.0 Å². The second-order valence-corrected chi connectivity index (χ2v) is 5.05. The highest BCUT2D eigenvalue weighted by Gasteiger charge is 2.13. The maximum atomic E-state index is 12.1. The summed E-state index contributed by atoms with van der Waals surface area (Å²) in [7, 11) is 1.91. The number of halogens is 1. The van der Waals surface area contributed by atoms with Crippen molar-refractivity contribution in [2.75, 3.05) is 20.1 Å². The maximum absolute atomic E-state index is 12.1. The van der Waals surface area contributed by atoms with Crippen LogP contribution in [0, 0.1) is 5.92 Å². The van der Waals surface area contributed by atoms with Gasteiger partial charge < -0.3 is 15.2 Å². The van der Waals surface area contributed by atoms with Crippen molar-refractivity contribution in [2.45, 2.75) is 26.8 Å². The second-order valence-electron chi connectivity index (χ2n) is 4.61. The average molecular weight is 272 g/mol. The average Bonchev–Trinajstić information content (AvgIpc) is 2.68. The van der Waals surface area contributed by atoms with Crippen LogP contribution < -0.4 is 10.6 Å². The predicted molar refractivity (Wildman–Crippen MR) is 75.2 cm³/mol. The van der Waals surface area contributed by atoms with Gasteiger partial charge in [0.05, 0.1) is 5.02 Å². The molecule has 0 spiro atoms. The molecule has 1 atom stereocenters. The number of aryl methyl sites for hydroxylation is 1. The summed E-state index contributed by atoms with van der Waals surface area (Å²) in [6, 6.07) is 1.72. The molecule has 1 heterocycles. The first-order valence-electron chi connectivity index (χ1n) is 6.37. The highest BCUT2D eigenvalue weighted by molar-refractivity contribution is 6.31. The van der Waals surface area contributed by atoms with Crippen molar-refractivity contribution in [3.8, 4) is 0 Å². The molecule has 0 radical (unpaired) electrons. The van der Waals surface area contributed by atoms with Gasteiger partial charge in [0, 0.05) is 19.3 Å². The summed E-state index contributed by atoms with van der Waals surface area (Å²) in [6.07, 6.45) is 2.78. The normalized spacial score (nSPS) is 12.4. The lowest BCUT2D eigenvalue weighted by Crippen LogP contribution is -2.33. The first-order valence-corrected chi connectivity index (χ1v) is 6.74. The fourth-order valence-corrected chi connectivity index (χ4v) is 2.09. The minimum atomic E-state index is -0.0571. The van der Waals surface area contributed by atoms with Gasteiger partial charge >= 0.3 is 0 Å². The molecule has 0 aliphatic rings. The highest BCUT2D eigenvalue weighted by atomic mass is 35.5. The maximum Gasteiger partial charge on any atom is 0.267 e. The van der Waals surface area contributed by atoms with Gasteiger partial charge in [-0.2, -0.15) is 0 Å². The van der Waals surface area contributed by atoms with Crippen LogP contribution in [0.5, 0.6) is 0 Å². The van der Waals surface area contributed by atoms with E-state index in [1.54, 1.807) is 12.3 Å². The lowest BCUT2D eigenvalue weighted by molar-refractivity contribution is 0.0938. The van der Waals surface area contributed by atoms with E-state index in [1.165, 1.54) is 0 Å². The standard InChI is InChI=1S/C13H22ClN3O/c1-4-5-17-9-11(14)6-12(17)13(18)16-8-10(2)7-15-3/h6,9-10,15H,4-5,7-8H2,1-3H3,(H,16,18). The van der Waals surface area contributed by atoms with Crippen LogP contribution >= 0.6 is 11.6 Å². The molecule has 102 valence electrons. The molecule has 1 aromatic heterocycles. The number of aromatic nitrogens is 1. The summed E-state index contributed by atoms with van der Waals surface area (Å²) in [5.74, 6) is 0.349. The van der Waals surface area contributed by atoms with Crippen molar-refractivity contribution in [2.24, 2.45) is 5.92 Å². The van der Waals surface area contributed by atoms with Gasteiger partial charge in [-0.25, -0.2) is 0 Å². The van der Waals surface area contributed by atoms with Crippen molar-refractivity contribution >= 4 is 17.5 Å². The lowest BCUT2D eigenvalue weighted by Gasteiger charge is -2.13. The number of hydrogen-bond acceptors (Lipinski definition) is 2. The second kappa shape index (κ2) is 7.44. The van der Waals surface area contributed by atoms with Gasteiger partial charge in [-0.1, -0.05) is 25.4 Å². The molecule has 0 aliphatic heterocycles. The summed E-state index contributed by atoms with van der Waals surface area (Å²) >= 11 is 5.95. The molecule has 0 saturated carbocycles. The van der Waals surface area contributed by atoms with E-state index in [0.29, 0.717) is 23.2 Å². The van der Waals surface area contributed by atoms with Crippen LogP contribution in [0.25, 0.3) is 0 Å². The molecule has 0 saturated heterocycles. The molecular formula is C13H22ClN3O. The van der Waals surface area contributed by atoms with E-state index in [9.17, 15) is 4.79 Å². The number of nitrogens with zero attached hydrogens (tertiary/aromatic N) is 1. The Labute approximate surface area is 114 Å². The van der Waals surface area contributed by atoms with Crippen molar-refractivity contribution in [1.82, 2.24) is 15.2 Å². The Morgan fingerprint density at radius 2 is 2.22 bits per heavy atom. The SMILES string of the molecule is CCCn1cc(Cl)cc1C(=O)NCC(C)CNC. The Kier molecular flexibility index (Phi) is 6.22. The first kappa shape index (κ1) is 15.1. The third kappa shape index (κ3) is 4.35. The third-order valence-electron chi connectivity index (χ3n) is 2.72. The van der Waals surface area contributed by atoms with E-state index in [0.717, 1.165) is 19.5 Å². The van der Waals surface area contributed by atoms with E-state index in [2.05, 4.69) is 24.5 Å². The summed E-state index contributed by atoms with van der Waals surface area (Å²) in [6.45, 7) is 6.52. The van der Waals surface area contributed by atoms with Crippen LogP contribution in [0.4, 0.5) is 0 Å². The van der Waals surface area contributed by atoms with Crippen molar-refractivity contribution < 1.29 is 4.79 Å². The van der Waals surface area contributed by atoms with Crippen LogP contribution in [0.2, 0.25) is 5.02 Å². The lowest BCUT2D eigenvalue weighted by atomic mass is 10.2. The molecule has 0 fully saturated rings. The van der Waals surface area contributed by atoms with Gasteiger partial charge in [0.25, 0.3) is 5.91 Å². The molecule has 0 aliphatic carbocycles. The third-order valence-corrected chi connectivity index (χ3v) is 2.93. The summed E-state index contributed by atoms with van der Waals surface area (Å²) < 4.78 is 1.90. The van der Waals surface area contributed by atoms with Crippen LogP contribution in [0.15, 0.2) is 12.3 Å². The number of nitrogens with one attached hydrogen (secondary N) is 2.